The van der Waals surface area contributed by atoms with Gasteiger partial charge in [-0.2, -0.15) is 13.2 Å². The largest absolute Gasteiger partial charge is 0.432 e. The van der Waals surface area contributed by atoms with E-state index in [9.17, 15) is 42.8 Å². The van der Waals surface area contributed by atoms with Gasteiger partial charge in [-0.1, -0.05) is 6.92 Å². The van der Waals surface area contributed by atoms with E-state index in [-0.39, 0.29) is 68.0 Å². The third-order valence-corrected chi connectivity index (χ3v) is 8.39. The second kappa shape index (κ2) is 16.5. The second-order valence-corrected chi connectivity index (χ2v) is 11.5. The van der Waals surface area contributed by atoms with Gasteiger partial charge in [0.25, 0.3) is 5.91 Å². The van der Waals surface area contributed by atoms with Crippen molar-refractivity contribution >= 4 is 23.1 Å². The summed E-state index contributed by atoms with van der Waals surface area (Å²) in [6, 6.07) is 7.11. The molecule has 270 valence electrons. The van der Waals surface area contributed by atoms with E-state index < -0.39 is 54.3 Å². The molecule has 0 bridgehead atoms. The summed E-state index contributed by atoms with van der Waals surface area (Å²) < 4.78 is 71.0. The van der Waals surface area contributed by atoms with Crippen LogP contribution in [0.1, 0.15) is 29.3 Å². The third kappa shape index (κ3) is 8.14. The van der Waals surface area contributed by atoms with Gasteiger partial charge in [-0.3, -0.25) is 9.20 Å². The van der Waals surface area contributed by atoms with Crippen LogP contribution in [-0.4, -0.2) is 105 Å². The number of carbonyl (C=O) groups is 1. The maximum absolute atomic E-state index is 14.9. The number of amides is 1. The van der Waals surface area contributed by atoms with Gasteiger partial charge in [0.2, 0.25) is 5.82 Å². The first-order valence-electron chi connectivity index (χ1n) is 15.8. The number of benzene rings is 2. The van der Waals surface area contributed by atoms with E-state index in [1.165, 1.54) is 23.0 Å². The fraction of sp³-hybridized carbons (Fsp3) is 0.424. The molecule has 5 rings (SSSR count). The zero-order valence-corrected chi connectivity index (χ0v) is 26.8. The van der Waals surface area contributed by atoms with Crippen molar-refractivity contribution in [3.05, 3.63) is 71.7 Å². The molecule has 50 heavy (non-hydrogen) atoms. The summed E-state index contributed by atoms with van der Waals surface area (Å²) in [7, 11) is 0. The van der Waals surface area contributed by atoms with Crippen molar-refractivity contribution in [1.82, 2.24) is 19.7 Å². The first-order valence-corrected chi connectivity index (χ1v) is 15.8. The molecule has 0 unspecified atom stereocenters. The maximum Gasteiger partial charge on any atom is 0.387 e. The van der Waals surface area contributed by atoms with Crippen molar-refractivity contribution < 1.29 is 57.0 Å². The predicted molar refractivity (Wildman–Crippen MR) is 170 cm³/mol. The number of rotatable bonds is 15. The van der Waals surface area contributed by atoms with Gasteiger partial charge in [0, 0.05) is 48.3 Å². The molecule has 2 aromatic heterocycles. The van der Waals surface area contributed by atoms with Gasteiger partial charge >= 0.3 is 6.61 Å². The first kappa shape index (κ1) is 36.9. The Labute approximate surface area is 283 Å². The molecule has 0 spiro atoms. The van der Waals surface area contributed by atoms with Crippen LogP contribution in [0.5, 0.6) is 5.75 Å². The van der Waals surface area contributed by atoms with Crippen molar-refractivity contribution in [2.75, 3.05) is 38.3 Å². The SMILES string of the molecule is CCc1cc(Nc2nccn3c(-c4ccc(OC(F)F)c(F)c4F)cnc23)ccc1C(=O)NCCOCCO[C@H]1C[C@H](CO)[C@H](O)[C@H](O)[C@H]1O. The molecule has 0 saturated heterocycles. The van der Waals surface area contributed by atoms with E-state index in [4.69, 9.17) is 9.47 Å². The van der Waals surface area contributed by atoms with Crippen LogP contribution in [0.3, 0.4) is 0 Å². The van der Waals surface area contributed by atoms with E-state index in [0.29, 0.717) is 17.7 Å². The summed E-state index contributed by atoms with van der Waals surface area (Å²) in [6.07, 6.45) is 0.173. The molecule has 6 N–H and O–H groups in total. The van der Waals surface area contributed by atoms with Crippen molar-refractivity contribution in [2.24, 2.45) is 5.92 Å². The number of carbonyl (C=O) groups excluding carboxylic acids is 1. The molecule has 17 heteroatoms. The van der Waals surface area contributed by atoms with Crippen LogP contribution < -0.4 is 15.4 Å². The second-order valence-electron chi connectivity index (χ2n) is 11.5. The maximum atomic E-state index is 14.9. The molecule has 2 heterocycles. The lowest BCUT2D eigenvalue weighted by molar-refractivity contribution is -0.180. The number of halogens is 4. The van der Waals surface area contributed by atoms with E-state index in [1.54, 1.807) is 18.2 Å². The smallest absolute Gasteiger partial charge is 0.387 e. The number of nitrogens with zero attached hydrogens (tertiary/aromatic N) is 3. The van der Waals surface area contributed by atoms with E-state index in [1.807, 2.05) is 6.92 Å². The van der Waals surface area contributed by atoms with Crippen molar-refractivity contribution in [1.29, 1.82) is 0 Å². The van der Waals surface area contributed by atoms with Gasteiger partial charge in [-0.05, 0) is 48.7 Å². The topological polar surface area (TPSA) is 180 Å². The standard InChI is InChI=1S/C33H37F4N5O8/c1-2-17-13-19(3-4-20(17)32(47)39-8-10-48-11-12-49-24-14-18(16-43)27(44)29(46)28(24)45)41-30-31-40-15-22(42(31)9-7-38-30)21-5-6-23(50-33(36)37)26(35)25(21)34/h3-7,9,13,15,18,24,27-29,33,43-46H,2,8,10-12,14,16H2,1H3,(H,38,41)(H,39,47)/t18-,24+,27+,28+,29+/m1/s1. The number of aliphatic hydroxyl groups excluding tert-OH is 4. The van der Waals surface area contributed by atoms with Crippen LogP contribution in [0.15, 0.2) is 48.9 Å². The van der Waals surface area contributed by atoms with E-state index >= 15 is 0 Å². The summed E-state index contributed by atoms with van der Waals surface area (Å²) in [5.74, 6) is -4.51. The van der Waals surface area contributed by atoms with Gasteiger partial charge < -0.3 is 45.3 Å². The summed E-state index contributed by atoms with van der Waals surface area (Å²) >= 11 is 0. The number of aliphatic hydroxyl groups is 4. The van der Waals surface area contributed by atoms with Gasteiger partial charge in [-0.25, -0.2) is 14.4 Å². The molecule has 0 radical (unpaired) electrons. The fourth-order valence-corrected chi connectivity index (χ4v) is 5.77. The Morgan fingerprint density at radius 2 is 1.84 bits per heavy atom. The number of fused-ring (bicyclic) bond motifs is 1. The number of aromatic nitrogens is 3. The van der Waals surface area contributed by atoms with Gasteiger partial charge in [0.1, 0.15) is 12.2 Å². The molecule has 1 saturated carbocycles. The van der Waals surface area contributed by atoms with Crippen LogP contribution in [0.2, 0.25) is 0 Å². The number of anilines is 2. The van der Waals surface area contributed by atoms with Gasteiger partial charge in [-0.15, -0.1) is 0 Å². The van der Waals surface area contributed by atoms with E-state index in [2.05, 4.69) is 25.3 Å². The Morgan fingerprint density at radius 3 is 2.58 bits per heavy atom. The highest BCUT2D eigenvalue weighted by molar-refractivity contribution is 5.96. The number of imidazole rings is 1. The minimum Gasteiger partial charge on any atom is -0.432 e. The zero-order valence-electron chi connectivity index (χ0n) is 26.8. The highest BCUT2D eigenvalue weighted by atomic mass is 19.3. The van der Waals surface area contributed by atoms with Gasteiger partial charge in [0.15, 0.2) is 23.0 Å². The lowest BCUT2D eigenvalue weighted by Crippen LogP contribution is -2.55. The molecule has 0 aliphatic heterocycles. The number of hydrogen-bond acceptors (Lipinski definition) is 11. The average molecular weight is 708 g/mol. The van der Waals surface area contributed by atoms with Crippen molar-refractivity contribution in [3.63, 3.8) is 0 Å². The molecule has 1 amide bonds. The van der Waals surface area contributed by atoms with Crippen LogP contribution >= 0.6 is 0 Å². The van der Waals surface area contributed by atoms with Gasteiger partial charge in [0.05, 0.1) is 43.9 Å². The Kier molecular flexibility index (Phi) is 12.2. The molecule has 2 aromatic carbocycles. The highest BCUT2D eigenvalue weighted by Gasteiger charge is 2.42. The molecular formula is C33H37F4N5O8. The first-order chi connectivity index (χ1) is 24.0. The molecule has 5 atom stereocenters. The van der Waals surface area contributed by atoms with Crippen LogP contribution in [-0.2, 0) is 15.9 Å². The van der Waals surface area contributed by atoms with Crippen LogP contribution in [0.25, 0.3) is 16.9 Å². The fourth-order valence-electron chi connectivity index (χ4n) is 5.77. The Hall–Kier alpha value is -4.39. The zero-order chi connectivity index (χ0) is 35.9. The lowest BCUT2D eigenvalue weighted by Gasteiger charge is -2.39. The Bertz CT molecular complexity index is 1780. The predicted octanol–water partition coefficient (Wildman–Crippen LogP) is 2.81. The molecule has 1 aliphatic carbocycles. The molecular weight excluding hydrogens is 670 g/mol. The Balaban J connectivity index is 1.15. The number of ether oxygens (including phenoxy) is 3. The summed E-state index contributed by atoms with van der Waals surface area (Å²) in [5, 5.41) is 45.3. The third-order valence-electron chi connectivity index (χ3n) is 8.39. The van der Waals surface area contributed by atoms with Crippen molar-refractivity contribution in [3.8, 4) is 17.0 Å². The highest BCUT2D eigenvalue weighted by Crippen LogP contribution is 2.33. The summed E-state index contributed by atoms with van der Waals surface area (Å²) in [6.45, 7) is -1.17. The molecule has 4 aromatic rings. The molecule has 1 fully saturated rings. The summed E-state index contributed by atoms with van der Waals surface area (Å²) in [5.41, 5.74) is 1.92. The number of aryl methyl sites for hydroxylation is 1. The normalized spacial score (nSPS) is 20.7. The summed E-state index contributed by atoms with van der Waals surface area (Å²) in [4.78, 5) is 21.6. The average Bonchev–Trinajstić information content (AvgIpc) is 3.54. The minimum absolute atomic E-state index is 0.0925. The Morgan fingerprint density at radius 1 is 1.04 bits per heavy atom. The van der Waals surface area contributed by atoms with Crippen LogP contribution in [0, 0.1) is 17.6 Å². The quantitative estimate of drug-likeness (QED) is 0.0791. The minimum atomic E-state index is -3.32. The molecule has 13 nitrogen and oxygen atoms in total. The monoisotopic (exact) mass is 707 g/mol. The number of nitrogens with one attached hydrogen (secondary N) is 2. The number of alkyl halides is 2. The molecule has 1 aliphatic rings. The van der Waals surface area contributed by atoms with Crippen LogP contribution in [0.4, 0.5) is 29.1 Å². The number of hydrogen-bond donors (Lipinski definition) is 6. The van der Waals surface area contributed by atoms with Crippen molar-refractivity contribution in [2.45, 2.75) is 50.8 Å². The van der Waals surface area contributed by atoms with E-state index in [0.717, 1.165) is 17.7 Å². The lowest BCUT2D eigenvalue weighted by atomic mass is 9.81.